The van der Waals surface area contributed by atoms with Crippen LogP contribution < -0.4 is 20.4 Å². The van der Waals surface area contributed by atoms with Gasteiger partial charge in [0.25, 0.3) is 5.91 Å². The van der Waals surface area contributed by atoms with E-state index in [9.17, 15) is 9.90 Å². The smallest absolute Gasteiger partial charge is 0.291 e. The highest BCUT2D eigenvalue weighted by atomic mass is 32.1. The summed E-state index contributed by atoms with van der Waals surface area (Å²) < 4.78 is 13.5. The molecule has 0 bridgehead atoms. The number of hydrogen-bond acceptors (Lipinski definition) is 9. The molecule has 11 heteroatoms. The number of amides is 1. The lowest BCUT2D eigenvalue weighted by Gasteiger charge is -2.28. The molecule has 5 rings (SSSR count). The number of aliphatic hydroxyl groups is 1. The molecule has 3 aromatic rings. The maximum atomic E-state index is 12.6. The first-order valence-electron chi connectivity index (χ1n) is 11.5. The van der Waals surface area contributed by atoms with Gasteiger partial charge >= 0.3 is 0 Å². The maximum Gasteiger partial charge on any atom is 0.291 e. The molecule has 4 heterocycles. The summed E-state index contributed by atoms with van der Waals surface area (Å²) in [5, 5.41) is 14.7. The first-order chi connectivity index (χ1) is 16.6. The summed E-state index contributed by atoms with van der Waals surface area (Å²) in [4.78, 5) is 28.3. The Morgan fingerprint density at radius 3 is 2.91 bits per heavy atom. The molecule has 0 saturated carbocycles. The number of benzene rings is 1. The molecule has 1 atom stereocenters. The molecule has 1 saturated heterocycles. The summed E-state index contributed by atoms with van der Waals surface area (Å²) in [6.07, 6.45) is 4.50. The van der Waals surface area contributed by atoms with Crippen LogP contribution in [0.4, 0.5) is 5.82 Å². The topological polar surface area (TPSA) is 114 Å². The average Bonchev–Trinajstić information content (AvgIpc) is 3.56. The van der Waals surface area contributed by atoms with Gasteiger partial charge in [-0.3, -0.25) is 14.3 Å². The molecule has 2 N–H and O–H groups in total. The lowest BCUT2D eigenvalue weighted by Crippen LogP contribution is -2.38. The highest BCUT2D eigenvalue weighted by Gasteiger charge is 2.22. The van der Waals surface area contributed by atoms with Crippen LogP contribution in [-0.4, -0.2) is 76.4 Å². The van der Waals surface area contributed by atoms with Crippen LogP contribution in [0.3, 0.4) is 0 Å². The second-order valence-corrected chi connectivity index (χ2v) is 9.33. The number of ether oxygens (including phenoxy) is 2. The molecule has 10 nitrogen and oxygen atoms in total. The van der Waals surface area contributed by atoms with E-state index in [0.29, 0.717) is 47.1 Å². The Kier molecular flexibility index (Phi) is 6.75. The van der Waals surface area contributed by atoms with Crippen LogP contribution >= 0.6 is 11.3 Å². The summed E-state index contributed by atoms with van der Waals surface area (Å²) in [5.41, 5.74) is 2.44. The number of nitrogens with one attached hydrogen (secondary N) is 1. The Morgan fingerprint density at radius 1 is 1.29 bits per heavy atom. The van der Waals surface area contributed by atoms with Crippen molar-refractivity contribution < 1.29 is 19.4 Å². The summed E-state index contributed by atoms with van der Waals surface area (Å²) in [6.45, 7) is 4.13. The Hall–Kier alpha value is -3.02. The number of piperidine rings is 1. The number of methoxy groups -OCH3 is 1. The lowest BCUT2D eigenvalue weighted by atomic mass is 10.1. The van der Waals surface area contributed by atoms with Gasteiger partial charge in [0.2, 0.25) is 5.62 Å². The number of fused-ring (bicyclic) bond motifs is 3. The first kappa shape index (κ1) is 22.8. The van der Waals surface area contributed by atoms with E-state index in [4.69, 9.17) is 14.5 Å². The van der Waals surface area contributed by atoms with E-state index in [2.05, 4.69) is 20.2 Å². The van der Waals surface area contributed by atoms with Gasteiger partial charge in [0.05, 0.1) is 18.8 Å². The van der Waals surface area contributed by atoms with Crippen LogP contribution in [0.5, 0.6) is 11.5 Å². The molecule has 2 aliphatic heterocycles. The number of likely N-dealkylation sites (tertiary alicyclic amines) is 1. The van der Waals surface area contributed by atoms with Crippen LogP contribution in [-0.2, 0) is 6.54 Å². The van der Waals surface area contributed by atoms with Crippen molar-refractivity contribution >= 4 is 34.0 Å². The molecule has 0 spiro atoms. The average molecular weight is 485 g/mol. The van der Waals surface area contributed by atoms with Crippen LogP contribution in [0.15, 0.2) is 28.8 Å². The number of nitrogens with zero attached hydrogens (tertiary/aromatic N) is 5. The molecule has 34 heavy (non-hydrogen) atoms. The van der Waals surface area contributed by atoms with Crippen LogP contribution in [0.25, 0.3) is 10.9 Å². The third kappa shape index (κ3) is 4.63. The van der Waals surface area contributed by atoms with Crippen molar-refractivity contribution in [2.45, 2.75) is 31.9 Å². The lowest BCUT2D eigenvalue weighted by molar-refractivity contribution is 0.0609. The van der Waals surface area contributed by atoms with E-state index in [1.807, 2.05) is 16.7 Å². The molecule has 1 amide bonds. The van der Waals surface area contributed by atoms with Crippen molar-refractivity contribution in [2.75, 3.05) is 45.2 Å². The Balaban J connectivity index is 1.45. The molecule has 0 aliphatic carbocycles. The Labute approximate surface area is 200 Å². The first-order valence-corrected chi connectivity index (χ1v) is 12.4. The minimum Gasteiger partial charge on any atom is -0.491 e. The second-order valence-electron chi connectivity index (χ2n) is 8.44. The number of aromatic nitrogens is 3. The van der Waals surface area contributed by atoms with Gasteiger partial charge in [-0.1, -0.05) is 6.42 Å². The summed E-state index contributed by atoms with van der Waals surface area (Å²) >= 11 is 1.24. The van der Waals surface area contributed by atoms with Crippen molar-refractivity contribution in [3.8, 4) is 11.5 Å². The van der Waals surface area contributed by atoms with Gasteiger partial charge in [0.15, 0.2) is 11.5 Å². The zero-order chi connectivity index (χ0) is 23.5. The van der Waals surface area contributed by atoms with Crippen molar-refractivity contribution in [3.63, 3.8) is 0 Å². The third-order valence-corrected chi connectivity index (χ3v) is 6.86. The Bertz CT molecular complexity index is 1240. The van der Waals surface area contributed by atoms with Crippen molar-refractivity contribution in [2.24, 2.45) is 4.99 Å². The highest BCUT2D eigenvalue weighted by molar-refractivity contribution is 7.11. The van der Waals surface area contributed by atoms with Gasteiger partial charge in [-0.25, -0.2) is 4.98 Å². The summed E-state index contributed by atoms with van der Waals surface area (Å²) in [5.74, 6) is 1.38. The van der Waals surface area contributed by atoms with Crippen LogP contribution in [0, 0.1) is 0 Å². The van der Waals surface area contributed by atoms with E-state index in [1.54, 1.807) is 12.6 Å². The fraction of sp³-hybridized carbons (Fsp3) is 0.478. The number of β-amino-alcohol motifs (C(OH)–C–C–N with tert-alkyl or cyclic N) is 1. The van der Waals surface area contributed by atoms with Crippen molar-refractivity contribution in [3.05, 3.63) is 34.3 Å². The summed E-state index contributed by atoms with van der Waals surface area (Å²) in [7, 11) is 1.56. The van der Waals surface area contributed by atoms with Gasteiger partial charge in [-0.15, -0.1) is 11.3 Å². The van der Waals surface area contributed by atoms with E-state index >= 15 is 0 Å². The number of rotatable bonds is 7. The molecular weight excluding hydrogens is 456 g/mol. The fourth-order valence-corrected chi connectivity index (χ4v) is 4.99. The molecule has 0 unspecified atom stereocenters. The molecular formula is C23H28N6O4S. The van der Waals surface area contributed by atoms with Gasteiger partial charge < -0.3 is 24.8 Å². The fourth-order valence-electron chi connectivity index (χ4n) is 4.49. The molecule has 2 aliphatic rings. The SMILES string of the molecule is COc1c(OC[C@@H](O)CN2CCCCC2)ccc2c3n(c(=NC(=O)c4cncs4)nc12)CCN3. The van der Waals surface area contributed by atoms with E-state index in [1.165, 1.54) is 36.8 Å². The number of aliphatic hydroxyl groups excluding tert-OH is 1. The van der Waals surface area contributed by atoms with Gasteiger partial charge in [0, 0.05) is 25.0 Å². The van der Waals surface area contributed by atoms with Gasteiger partial charge in [-0.05, 0) is 38.1 Å². The number of anilines is 1. The monoisotopic (exact) mass is 484 g/mol. The number of carbonyl (C=O) groups is 1. The van der Waals surface area contributed by atoms with E-state index in [0.717, 1.165) is 24.3 Å². The Morgan fingerprint density at radius 2 is 2.15 bits per heavy atom. The second kappa shape index (κ2) is 10.1. The zero-order valence-corrected chi connectivity index (χ0v) is 19.9. The highest BCUT2D eigenvalue weighted by Crippen LogP contribution is 2.37. The number of hydrogen-bond donors (Lipinski definition) is 2. The van der Waals surface area contributed by atoms with Crippen LogP contribution in [0.1, 0.15) is 28.9 Å². The third-order valence-electron chi connectivity index (χ3n) is 6.10. The summed E-state index contributed by atoms with van der Waals surface area (Å²) in [6, 6.07) is 3.74. The predicted molar refractivity (Wildman–Crippen MR) is 129 cm³/mol. The van der Waals surface area contributed by atoms with Crippen molar-refractivity contribution in [1.29, 1.82) is 0 Å². The molecule has 0 radical (unpaired) electrons. The number of carbonyl (C=O) groups excluding carboxylic acids is 1. The van der Waals surface area contributed by atoms with E-state index in [-0.39, 0.29) is 12.5 Å². The van der Waals surface area contributed by atoms with Crippen LogP contribution in [0.2, 0.25) is 0 Å². The molecule has 2 aromatic heterocycles. The maximum absolute atomic E-state index is 12.6. The molecule has 180 valence electrons. The zero-order valence-electron chi connectivity index (χ0n) is 19.1. The van der Waals surface area contributed by atoms with Gasteiger partial charge in [-0.2, -0.15) is 4.99 Å². The normalized spacial score (nSPS) is 17.4. The minimum absolute atomic E-state index is 0.150. The molecule has 1 fully saturated rings. The standard InChI is InChI=1S/C23H28N6O4S/c1-32-20-17(33-13-15(30)12-28-8-3-2-4-9-28)6-5-16-19(20)26-23(29-10-7-25-21(16)29)27-22(31)18-11-24-14-34-18/h5-6,11,14-15,25,30H,2-4,7-10,12-13H2,1H3/t15-/m0/s1. The van der Waals surface area contributed by atoms with Crippen molar-refractivity contribution in [1.82, 2.24) is 19.4 Å². The molecule has 1 aromatic carbocycles. The predicted octanol–water partition coefficient (Wildman–Crippen LogP) is 1.89. The van der Waals surface area contributed by atoms with E-state index < -0.39 is 6.10 Å². The minimum atomic E-state index is -0.605. The van der Waals surface area contributed by atoms with Gasteiger partial charge in [0.1, 0.15) is 28.9 Å². The largest absolute Gasteiger partial charge is 0.491 e. The number of thiazole rings is 1. The quantitative estimate of drug-likeness (QED) is 0.523.